The van der Waals surface area contributed by atoms with Gasteiger partial charge in [0.1, 0.15) is 5.75 Å². The molecule has 2 rings (SSSR count). The van der Waals surface area contributed by atoms with E-state index in [1.165, 1.54) is 19.3 Å². The highest BCUT2D eigenvalue weighted by atomic mass is 16.5. The minimum Gasteiger partial charge on any atom is -0.495 e. The van der Waals surface area contributed by atoms with E-state index < -0.39 is 0 Å². The third-order valence-electron chi connectivity index (χ3n) is 3.27. The van der Waals surface area contributed by atoms with Crippen LogP contribution in [0.1, 0.15) is 29.6 Å². The molecule has 92 valence electrons. The zero-order valence-electron chi connectivity index (χ0n) is 10.0. The number of nitrogens with one attached hydrogen (secondary N) is 1. The molecule has 1 fully saturated rings. The number of hydrogen-bond acceptors (Lipinski definition) is 3. The van der Waals surface area contributed by atoms with Crippen molar-refractivity contribution in [1.29, 1.82) is 0 Å². The molecule has 0 aliphatic heterocycles. The molecule has 17 heavy (non-hydrogen) atoms. The van der Waals surface area contributed by atoms with Crippen LogP contribution < -0.4 is 15.8 Å². The van der Waals surface area contributed by atoms with Gasteiger partial charge >= 0.3 is 0 Å². The van der Waals surface area contributed by atoms with Gasteiger partial charge in [-0.15, -0.1) is 0 Å². The Labute approximate surface area is 101 Å². The van der Waals surface area contributed by atoms with Gasteiger partial charge in [0.25, 0.3) is 5.91 Å². The molecule has 0 bridgehead atoms. The maximum atomic E-state index is 11.9. The number of nitrogen functional groups attached to an aromatic ring is 1. The maximum Gasteiger partial charge on any atom is 0.251 e. The van der Waals surface area contributed by atoms with Gasteiger partial charge in [0.15, 0.2) is 0 Å². The second-order valence-electron chi connectivity index (χ2n) is 4.46. The first-order valence-corrected chi connectivity index (χ1v) is 5.92. The lowest BCUT2D eigenvalue weighted by atomic mass is 9.85. The molecular weight excluding hydrogens is 216 g/mol. The lowest BCUT2D eigenvalue weighted by Crippen LogP contribution is -2.32. The van der Waals surface area contributed by atoms with E-state index in [-0.39, 0.29) is 5.91 Å². The SMILES string of the molecule is COc1cc(C(=O)NCC2CCC2)ccc1N. The van der Waals surface area contributed by atoms with Gasteiger partial charge in [-0.25, -0.2) is 0 Å². The van der Waals surface area contributed by atoms with E-state index in [1.54, 1.807) is 25.3 Å². The number of methoxy groups -OCH3 is 1. The van der Waals surface area contributed by atoms with E-state index in [0.29, 0.717) is 22.9 Å². The lowest BCUT2D eigenvalue weighted by molar-refractivity contribution is 0.0939. The summed E-state index contributed by atoms with van der Waals surface area (Å²) in [5.74, 6) is 1.14. The largest absolute Gasteiger partial charge is 0.495 e. The van der Waals surface area contributed by atoms with Crippen LogP contribution in [0.2, 0.25) is 0 Å². The number of rotatable bonds is 4. The van der Waals surface area contributed by atoms with E-state index >= 15 is 0 Å². The molecule has 1 aliphatic carbocycles. The summed E-state index contributed by atoms with van der Waals surface area (Å²) in [6.45, 7) is 0.769. The van der Waals surface area contributed by atoms with Crippen molar-refractivity contribution in [2.75, 3.05) is 19.4 Å². The van der Waals surface area contributed by atoms with Crippen molar-refractivity contribution in [3.63, 3.8) is 0 Å². The van der Waals surface area contributed by atoms with Crippen molar-refractivity contribution in [1.82, 2.24) is 5.32 Å². The summed E-state index contributed by atoms with van der Waals surface area (Å²) in [6.07, 6.45) is 3.74. The average molecular weight is 234 g/mol. The highest BCUT2D eigenvalue weighted by molar-refractivity contribution is 5.95. The Morgan fingerprint density at radius 3 is 2.88 bits per heavy atom. The molecule has 0 atom stereocenters. The smallest absolute Gasteiger partial charge is 0.251 e. The zero-order chi connectivity index (χ0) is 12.3. The molecule has 0 saturated heterocycles. The summed E-state index contributed by atoms with van der Waals surface area (Å²) in [5.41, 5.74) is 6.83. The highest BCUT2D eigenvalue weighted by Crippen LogP contribution is 2.25. The van der Waals surface area contributed by atoms with Crippen LogP contribution >= 0.6 is 0 Å². The minimum atomic E-state index is -0.0600. The third kappa shape index (κ3) is 2.70. The van der Waals surface area contributed by atoms with Gasteiger partial charge in [0.2, 0.25) is 0 Å². The Bertz CT molecular complexity index is 414. The van der Waals surface area contributed by atoms with Crippen LogP contribution in [0.25, 0.3) is 0 Å². The average Bonchev–Trinajstić information content (AvgIpc) is 2.27. The van der Waals surface area contributed by atoms with Gasteiger partial charge < -0.3 is 15.8 Å². The first-order chi connectivity index (χ1) is 8.20. The Morgan fingerprint density at radius 1 is 1.53 bits per heavy atom. The molecule has 1 aliphatic rings. The second kappa shape index (κ2) is 5.08. The minimum absolute atomic E-state index is 0.0600. The molecule has 1 aromatic rings. The quantitative estimate of drug-likeness (QED) is 0.781. The number of carbonyl (C=O) groups is 1. The van der Waals surface area contributed by atoms with Crippen LogP contribution in [0.3, 0.4) is 0 Å². The summed E-state index contributed by atoms with van der Waals surface area (Å²) in [4.78, 5) is 11.9. The maximum absolute atomic E-state index is 11.9. The van der Waals surface area contributed by atoms with Gasteiger partial charge in [-0.05, 0) is 37.0 Å². The summed E-state index contributed by atoms with van der Waals surface area (Å²) in [6, 6.07) is 5.08. The standard InChI is InChI=1S/C13H18N2O2/c1-17-12-7-10(5-6-11(12)14)13(16)15-8-9-3-2-4-9/h5-7,9H,2-4,8,14H2,1H3,(H,15,16). The fraction of sp³-hybridized carbons (Fsp3) is 0.462. The van der Waals surface area contributed by atoms with Crippen LogP contribution in [0, 0.1) is 5.92 Å². The van der Waals surface area contributed by atoms with Gasteiger partial charge in [-0.2, -0.15) is 0 Å². The molecule has 0 heterocycles. The van der Waals surface area contributed by atoms with Crippen LogP contribution in [-0.4, -0.2) is 19.6 Å². The summed E-state index contributed by atoms with van der Waals surface area (Å²) >= 11 is 0. The molecule has 3 N–H and O–H groups in total. The number of carbonyl (C=O) groups excluding carboxylic acids is 1. The van der Waals surface area contributed by atoms with Crippen molar-refractivity contribution in [2.45, 2.75) is 19.3 Å². The fourth-order valence-corrected chi connectivity index (χ4v) is 1.89. The van der Waals surface area contributed by atoms with Crippen molar-refractivity contribution in [2.24, 2.45) is 5.92 Å². The Hall–Kier alpha value is -1.71. The molecule has 0 unspecified atom stereocenters. The number of amides is 1. The normalized spacial score (nSPS) is 15.1. The predicted molar refractivity (Wildman–Crippen MR) is 67.1 cm³/mol. The van der Waals surface area contributed by atoms with Crippen molar-refractivity contribution in [3.05, 3.63) is 23.8 Å². The molecular formula is C13H18N2O2. The monoisotopic (exact) mass is 234 g/mol. The van der Waals surface area contributed by atoms with Crippen LogP contribution in [0.5, 0.6) is 5.75 Å². The predicted octanol–water partition coefficient (Wildman–Crippen LogP) is 1.81. The number of hydrogen-bond donors (Lipinski definition) is 2. The van der Waals surface area contributed by atoms with Crippen molar-refractivity contribution < 1.29 is 9.53 Å². The second-order valence-corrected chi connectivity index (χ2v) is 4.46. The summed E-state index contributed by atoms with van der Waals surface area (Å²) in [7, 11) is 1.54. The van der Waals surface area contributed by atoms with E-state index in [9.17, 15) is 4.79 Å². The van der Waals surface area contributed by atoms with E-state index in [2.05, 4.69) is 5.32 Å². The number of ether oxygens (including phenoxy) is 1. The van der Waals surface area contributed by atoms with E-state index in [1.807, 2.05) is 0 Å². The molecule has 0 spiro atoms. The number of benzene rings is 1. The van der Waals surface area contributed by atoms with Crippen LogP contribution in [0.4, 0.5) is 5.69 Å². The summed E-state index contributed by atoms with van der Waals surface area (Å²) in [5, 5.41) is 2.94. The van der Waals surface area contributed by atoms with Crippen LogP contribution in [0.15, 0.2) is 18.2 Å². The molecule has 1 amide bonds. The molecule has 4 heteroatoms. The Balaban J connectivity index is 1.97. The third-order valence-corrected chi connectivity index (χ3v) is 3.27. The number of nitrogens with two attached hydrogens (primary N) is 1. The fourth-order valence-electron chi connectivity index (χ4n) is 1.89. The molecule has 0 aromatic heterocycles. The van der Waals surface area contributed by atoms with Crippen LogP contribution in [-0.2, 0) is 0 Å². The molecule has 4 nitrogen and oxygen atoms in total. The Kier molecular flexibility index (Phi) is 3.52. The van der Waals surface area contributed by atoms with Gasteiger partial charge in [-0.1, -0.05) is 6.42 Å². The van der Waals surface area contributed by atoms with Crippen molar-refractivity contribution >= 4 is 11.6 Å². The van der Waals surface area contributed by atoms with E-state index in [0.717, 1.165) is 6.54 Å². The van der Waals surface area contributed by atoms with Gasteiger partial charge in [0, 0.05) is 12.1 Å². The Morgan fingerprint density at radius 2 is 2.29 bits per heavy atom. The molecule has 0 radical (unpaired) electrons. The van der Waals surface area contributed by atoms with E-state index in [4.69, 9.17) is 10.5 Å². The highest BCUT2D eigenvalue weighted by Gasteiger charge is 2.18. The van der Waals surface area contributed by atoms with Gasteiger partial charge in [0.05, 0.1) is 12.8 Å². The molecule has 1 aromatic carbocycles. The topological polar surface area (TPSA) is 64.3 Å². The first-order valence-electron chi connectivity index (χ1n) is 5.92. The summed E-state index contributed by atoms with van der Waals surface area (Å²) < 4.78 is 5.09. The van der Waals surface area contributed by atoms with Gasteiger partial charge in [-0.3, -0.25) is 4.79 Å². The molecule has 1 saturated carbocycles. The zero-order valence-corrected chi connectivity index (χ0v) is 10.0. The first kappa shape index (κ1) is 11.8. The number of anilines is 1. The lowest BCUT2D eigenvalue weighted by Gasteiger charge is -2.25. The van der Waals surface area contributed by atoms with Crippen molar-refractivity contribution in [3.8, 4) is 5.75 Å².